The predicted octanol–water partition coefficient (Wildman–Crippen LogP) is 3.15. The first-order valence-corrected chi connectivity index (χ1v) is 7.87. The van der Waals surface area contributed by atoms with Gasteiger partial charge in [0.05, 0.1) is 12.5 Å². The molecule has 1 aromatic rings. The SMILES string of the molecule is CCOC(=O)C1CCCN(C(=O)/C=C/c2ccc(Cl)cc2)C1. The highest BCUT2D eigenvalue weighted by Gasteiger charge is 2.28. The van der Waals surface area contributed by atoms with Crippen molar-refractivity contribution < 1.29 is 14.3 Å². The molecule has 0 aromatic heterocycles. The highest BCUT2D eigenvalue weighted by atomic mass is 35.5. The molecule has 0 N–H and O–H groups in total. The number of benzene rings is 1. The highest BCUT2D eigenvalue weighted by Crippen LogP contribution is 2.18. The number of piperidine rings is 1. The number of ether oxygens (including phenoxy) is 1. The van der Waals surface area contributed by atoms with Gasteiger partial charge in [0.1, 0.15) is 0 Å². The van der Waals surface area contributed by atoms with Crippen molar-refractivity contribution in [3.8, 4) is 0 Å². The van der Waals surface area contributed by atoms with Gasteiger partial charge in [0, 0.05) is 24.2 Å². The number of likely N-dealkylation sites (tertiary alicyclic amines) is 1. The Kier molecular flexibility index (Phi) is 6.01. The standard InChI is InChI=1S/C17H20ClNO3/c1-2-22-17(21)14-4-3-11-19(12-14)16(20)10-7-13-5-8-15(18)9-6-13/h5-10,14H,2-4,11-12H2,1H3/b10-7+. The molecule has 0 bridgehead atoms. The van der Waals surface area contributed by atoms with Crippen molar-refractivity contribution in [2.75, 3.05) is 19.7 Å². The minimum atomic E-state index is -0.207. The van der Waals surface area contributed by atoms with Crippen molar-refractivity contribution in [3.05, 3.63) is 40.9 Å². The molecule has 0 spiro atoms. The molecule has 1 aliphatic rings. The van der Waals surface area contributed by atoms with E-state index < -0.39 is 0 Å². The Bertz CT molecular complexity index is 554. The number of nitrogens with zero attached hydrogens (tertiary/aromatic N) is 1. The molecule has 118 valence electrons. The van der Waals surface area contributed by atoms with Crippen LogP contribution >= 0.6 is 11.6 Å². The van der Waals surface area contributed by atoms with Gasteiger partial charge in [-0.25, -0.2) is 0 Å². The Morgan fingerprint density at radius 1 is 1.36 bits per heavy atom. The normalized spacial score (nSPS) is 18.5. The highest BCUT2D eigenvalue weighted by molar-refractivity contribution is 6.30. The summed E-state index contributed by atoms with van der Waals surface area (Å²) in [4.78, 5) is 25.7. The second-order valence-electron chi connectivity index (χ2n) is 5.26. The maximum Gasteiger partial charge on any atom is 0.310 e. The number of carbonyl (C=O) groups is 2. The molecule has 5 heteroatoms. The van der Waals surface area contributed by atoms with E-state index in [-0.39, 0.29) is 17.8 Å². The van der Waals surface area contributed by atoms with Crippen LogP contribution < -0.4 is 0 Å². The molecular weight excluding hydrogens is 302 g/mol. The van der Waals surface area contributed by atoms with Gasteiger partial charge in [-0.2, -0.15) is 0 Å². The smallest absolute Gasteiger partial charge is 0.310 e. The third-order valence-corrected chi connectivity index (χ3v) is 3.89. The van der Waals surface area contributed by atoms with Gasteiger partial charge < -0.3 is 9.64 Å². The van der Waals surface area contributed by atoms with E-state index in [0.717, 1.165) is 18.4 Å². The zero-order valence-corrected chi connectivity index (χ0v) is 13.4. The Morgan fingerprint density at radius 2 is 2.09 bits per heavy atom. The molecule has 1 unspecified atom stereocenters. The zero-order chi connectivity index (χ0) is 15.9. The van der Waals surface area contributed by atoms with Crippen LogP contribution in [0.5, 0.6) is 0 Å². The van der Waals surface area contributed by atoms with E-state index in [1.165, 1.54) is 6.08 Å². The van der Waals surface area contributed by atoms with E-state index in [1.54, 1.807) is 30.0 Å². The summed E-state index contributed by atoms with van der Waals surface area (Å²) >= 11 is 5.82. The van der Waals surface area contributed by atoms with Crippen LogP contribution in [0.1, 0.15) is 25.3 Å². The van der Waals surface area contributed by atoms with Gasteiger partial charge in [0.15, 0.2) is 0 Å². The van der Waals surface area contributed by atoms with Crippen molar-refractivity contribution in [3.63, 3.8) is 0 Å². The van der Waals surface area contributed by atoms with Crippen LogP contribution in [0.25, 0.3) is 6.08 Å². The molecule has 1 atom stereocenters. The summed E-state index contributed by atoms with van der Waals surface area (Å²) in [5.74, 6) is -0.493. The maximum absolute atomic E-state index is 12.2. The van der Waals surface area contributed by atoms with E-state index in [0.29, 0.717) is 24.7 Å². The van der Waals surface area contributed by atoms with Gasteiger partial charge in [-0.05, 0) is 43.5 Å². The Labute approximate surface area is 135 Å². The first-order valence-electron chi connectivity index (χ1n) is 7.49. The molecule has 1 amide bonds. The average Bonchev–Trinajstić information content (AvgIpc) is 2.54. The number of amides is 1. The fourth-order valence-corrected chi connectivity index (χ4v) is 2.60. The first-order chi connectivity index (χ1) is 10.6. The largest absolute Gasteiger partial charge is 0.466 e. The molecular formula is C17H20ClNO3. The van der Waals surface area contributed by atoms with Gasteiger partial charge in [-0.3, -0.25) is 9.59 Å². The third-order valence-electron chi connectivity index (χ3n) is 3.64. The van der Waals surface area contributed by atoms with Crippen molar-refractivity contribution >= 4 is 29.6 Å². The molecule has 1 saturated heterocycles. The van der Waals surface area contributed by atoms with Crippen LogP contribution in [0.15, 0.2) is 30.3 Å². The van der Waals surface area contributed by atoms with E-state index >= 15 is 0 Å². The van der Waals surface area contributed by atoms with E-state index in [1.807, 2.05) is 12.1 Å². The van der Waals surface area contributed by atoms with Gasteiger partial charge in [0.25, 0.3) is 0 Å². The van der Waals surface area contributed by atoms with Gasteiger partial charge in [-0.1, -0.05) is 23.7 Å². The molecule has 0 radical (unpaired) electrons. The van der Waals surface area contributed by atoms with Gasteiger partial charge in [0.2, 0.25) is 5.91 Å². The summed E-state index contributed by atoms with van der Waals surface area (Å²) in [7, 11) is 0. The number of carbonyl (C=O) groups excluding carboxylic acids is 2. The average molecular weight is 322 g/mol. The number of rotatable bonds is 4. The van der Waals surface area contributed by atoms with Crippen LogP contribution in [0, 0.1) is 5.92 Å². The minimum Gasteiger partial charge on any atom is -0.466 e. The molecule has 1 aliphatic heterocycles. The van der Waals surface area contributed by atoms with Crippen LogP contribution in [-0.4, -0.2) is 36.5 Å². The number of halogens is 1. The molecule has 1 fully saturated rings. The number of hydrogen-bond donors (Lipinski definition) is 0. The summed E-state index contributed by atoms with van der Waals surface area (Å²) in [6.45, 7) is 3.28. The second kappa shape index (κ2) is 7.99. The number of esters is 1. The van der Waals surface area contributed by atoms with Gasteiger partial charge >= 0.3 is 5.97 Å². The molecule has 22 heavy (non-hydrogen) atoms. The van der Waals surface area contributed by atoms with E-state index in [2.05, 4.69) is 0 Å². The van der Waals surface area contributed by atoms with Crippen LogP contribution in [-0.2, 0) is 14.3 Å². The fourth-order valence-electron chi connectivity index (χ4n) is 2.48. The summed E-state index contributed by atoms with van der Waals surface area (Å²) < 4.78 is 5.04. The Hall–Kier alpha value is -1.81. The Balaban J connectivity index is 1.94. The van der Waals surface area contributed by atoms with Crippen molar-refractivity contribution in [2.45, 2.75) is 19.8 Å². The van der Waals surface area contributed by atoms with Crippen molar-refractivity contribution in [2.24, 2.45) is 5.92 Å². The lowest BCUT2D eigenvalue weighted by molar-refractivity contribution is -0.150. The fraction of sp³-hybridized carbons (Fsp3) is 0.412. The second-order valence-corrected chi connectivity index (χ2v) is 5.70. The lowest BCUT2D eigenvalue weighted by atomic mass is 9.98. The third kappa shape index (κ3) is 4.60. The quantitative estimate of drug-likeness (QED) is 0.632. The summed E-state index contributed by atoms with van der Waals surface area (Å²) in [5, 5.41) is 0.664. The monoisotopic (exact) mass is 321 g/mol. The summed E-state index contributed by atoms with van der Waals surface area (Å²) in [6, 6.07) is 7.26. The lowest BCUT2D eigenvalue weighted by Crippen LogP contribution is -2.42. The topological polar surface area (TPSA) is 46.6 Å². The lowest BCUT2D eigenvalue weighted by Gasteiger charge is -2.30. The van der Waals surface area contributed by atoms with Crippen molar-refractivity contribution in [1.29, 1.82) is 0 Å². The summed E-state index contributed by atoms with van der Waals surface area (Å²) in [6.07, 6.45) is 4.90. The molecule has 0 aliphatic carbocycles. The van der Waals surface area contributed by atoms with Crippen LogP contribution in [0.3, 0.4) is 0 Å². The van der Waals surface area contributed by atoms with E-state index in [4.69, 9.17) is 16.3 Å². The van der Waals surface area contributed by atoms with Crippen LogP contribution in [0.4, 0.5) is 0 Å². The first kappa shape index (κ1) is 16.6. The van der Waals surface area contributed by atoms with Crippen molar-refractivity contribution in [1.82, 2.24) is 4.90 Å². The molecule has 0 saturated carbocycles. The van der Waals surface area contributed by atoms with Crippen LogP contribution in [0.2, 0.25) is 5.02 Å². The molecule has 1 heterocycles. The molecule has 1 aromatic carbocycles. The van der Waals surface area contributed by atoms with Gasteiger partial charge in [-0.15, -0.1) is 0 Å². The minimum absolute atomic E-state index is 0.0797. The predicted molar refractivity (Wildman–Crippen MR) is 86.4 cm³/mol. The Morgan fingerprint density at radius 3 is 2.77 bits per heavy atom. The maximum atomic E-state index is 12.2. The number of hydrogen-bond acceptors (Lipinski definition) is 3. The molecule has 2 rings (SSSR count). The molecule has 4 nitrogen and oxygen atoms in total. The zero-order valence-electron chi connectivity index (χ0n) is 12.6. The van der Waals surface area contributed by atoms with E-state index in [9.17, 15) is 9.59 Å². The summed E-state index contributed by atoms with van der Waals surface area (Å²) in [5.41, 5.74) is 0.914.